The summed E-state index contributed by atoms with van der Waals surface area (Å²) in [5.41, 5.74) is 4.42. The zero-order valence-corrected chi connectivity index (χ0v) is 19.0. The second-order valence-electron chi connectivity index (χ2n) is 8.19. The Bertz CT molecular complexity index is 962. The standard InChI is InChI=1S/C25H30N2O6/c1-4-15(2)22(23(28)26-21(14-32-3)24(29)30)27-25(31)33-13-20-18-11-7-5-9-16(18)17-10-6-8-12-19(17)20/h5-12,15,20-22H,4,13-14H2,1-3H3,(H,26,28)(H,27,31)(H,29,30)/t15?,21-,22-/m0/s1. The lowest BCUT2D eigenvalue weighted by Gasteiger charge is -2.25. The Kier molecular flexibility index (Phi) is 8.06. The number of carbonyl (C=O) groups excluding carboxylic acids is 2. The fourth-order valence-electron chi connectivity index (χ4n) is 4.07. The third-order valence-corrected chi connectivity index (χ3v) is 6.06. The molecule has 0 aromatic heterocycles. The van der Waals surface area contributed by atoms with Gasteiger partial charge in [0.25, 0.3) is 0 Å². The molecule has 3 atom stereocenters. The molecule has 176 valence electrons. The second-order valence-corrected chi connectivity index (χ2v) is 8.19. The number of carbonyl (C=O) groups is 3. The van der Waals surface area contributed by atoms with Crippen LogP contribution < -0.4 is 10.6 Å². The Labute approximate surface area is 193 Å². The summed E-state index contributed by atoms with van der Waals surface area (Å²) in [6, 6.07) is 13.9. The average Bonchev–Trinajstić information content (AvgIpc) is 3.14. The van der Waals surface area contributed by atoms with Crippen LogP contribution in [0.2, 0.25) is 0 Å². The minimum absolute atomic E-state index is 0.0999. The van der Waals surface area contributed by atoms with Gasteiger partial charge >= 0.3 is 12.1 Å². The summed E-state index contributed by atoms with van der Waals surface area (Å²) in [5.74, 6) is -2.14. The molecule has 1 aliphatic carbocycles. The summed E-state index contributed by atoms with van der Waals surface area (Å²) < 4.78 is 10.4. The van der Waals surface area contributed by atoms with E-state index in [9.17, 15) is 19.5 Å². The van der Waals surface area contributed by atoms with Crippen LogP contribution in [0.15, 0.2) is 48.5 Å². The molecule has 1 unspecified atom stereocenters. The molecule has 1 aliphatic rings. The van der Waals surface area contributed by atoms with Crippen LogP contribution in [0.4, 0.5) is 4.79 Å². The van der Waals surface area contributed by atoms with E-state index in [2.05, 4.69) is 22.8 Å². The van der Waals surface area contributed by atoms with Crippen molar-refractivity contribution in [1.82, 2.24) is 10.6 Å². The van der Waals surface area contributed by atoms with Gasteiger partial charge in [-0.2, -0.15) is 0 Å². The molecule has 0 saturated carbocycles. The molecule has 8 heteroatoms. The van der Waals surface area contributed by atoms with Crippen LogP contribution in [0.5, 0.6) is 0 Å². The van der Waals surface area contributed by atoms with Crippen molar-refractivity contribution in [2.75, 3.05) is 20.3 Å². The van der Waals surface area contributed by atoms with Gasteiger partial charge in [-0.05, 0) is 28.2 Å². The van der Waals surface area contributed by atoms with Crippen molar-refractivity contribution in [3.05, 3.63) is 59.7 Å². The molecule has 2 amide bonds. The van der Waals surface area contributed by atoms with Gasteiger partial charge in [0, 0.05) is 13.0 Å². The van der Waals surface area contributed by atoms with Gasteiger partial charge < -0.3 is 25.2 Å². The molecule has 0 fully saturated rings. The number of rotatable bonds is 10. The molecule has 0 aliphatic heterocycles. The van der Waals surface area contributed by atoms with Crippen molar-refractivity contribution in [1.29, 1.82) is 0 Å². The lowest BCUT2D eigenvalue weighted by atomic mass is 9.98. The monoisotopic (exact) mass is 454 g/mol. The van der Waals surface area contributed by atoms with Crippen LogP contribution in [0.3, 0.4) is 0 Å². The molecule has 3 N–H and O–H groups in total. The van der Waals surface area contributed by atoms with Crippen LogP contribution in [-0.2, 0) is 19.1 Å². The number of amides is 2. The van der Waals surface area contributed by atoms with Crippen LogP contribution in [-0.4, -0.2) is 55.5 Å². The van der Waals surface area contributed by atoms with Gasteiger partial charge in [0.1, 0.15) is 12.6 Å². The molecular formula is C25H30N2O6. The number of carboxylic acids is 1. The smallest absolute Gasteiger partial charge is 0.407 e. The highest BCUT2D eigenvalue weighted by molar-refractivity contribution is 5.89. The first kappa shape index (κ1) is 24.3. The molecule has 0 spiro atoms. The van der Waals surface area contributed by atoms with Crippen molar-refractivity contribution >= 4 is 18.0 Å². The van der Waals surface area contributed by atoms with Crippen molar-refractivity contribution in [2.24, 2.45) is 5.92 Å². The number of nitrogens with one attached hydrogen (secondary N) is 2. The molecule has 0 heterocycles. The molecule has 0 bridgehead atoms. The molecule has 2 aromatic carbocycles. The van der Waals surface area contributed by atoms with Crippen molar-refractivity contribution in [2.45, 2.75) is 38.3 Å². The van der Waals surface area contributed by atoms with Gasteiger partial charge in [-0.1, -0.05) is 68.8 Å². The van der Waals surface area contributed by atoms with Crippen molar-refractivity contribution in [3.8, 4) is 11.1 Å². The molecule has 3 rings (SSSR count). The molecule has 8 nitrogen and oxygen atoms in total. The summed E-state index contributed by atoms with van der Waals surface area (Å²) in [7, 11) is 1.35. The first-order chi connectivity index (χ1) is 15.9. The second kappa shape index (κ2) is 11.0. The number of methoxy groups -OCH3 is 1. The van der Waals surface area contributed by atoms with Gasteiger partial charge in [-0.3, -0.25) is 4.79 Å². The van der Waals surface area contributed by atoms with E-state index in [1.807, 2.05) is 43.3 Å². The van der Waals surface area contributed by atoms with E-state index in [1.54, 1.807) is 6.92 Å². The fourth-order valence-corrected chi connectivity index (χ4v) is 4.07. The number of alkyl carbamates (subject to hydrolysis) is 1. The summed E-state index contributed by atoms with van der Waals surface area (Å²) in [6.07, 6.45) is -0.125. The van der Waals surface area contributed by atoms with Crippen molar-refractivity contribution < 1.29 is 29.0 Å². The van der Waals surface area contributed by atoms with E-state index >= 15 is 0 Å². The maximum atomic E-state index is 12.8. The van der Waals surface area contributed by atoms with E-state index in [0.717, 1.165) is 22.3 Å². The summed E-state index contributed by atoms with van der Waals surface area (Å²) >= 11 is 0. The lowest BCUT2D eigenvalue weighted by Crippen LogP contribution is -2.55. The minimum atomic E-state index is -1.21. The third-order valence-electron chi connectivity index (χ3n) is 6.06. The van der Waals surface area contributed by atoms with Gasteiger partial charge in [0.05, 0.1) is 6.61 Å². The minimum Gasteiger partial charge on any atom is -0.480 e. The van der Waals surface area contributed by atoms with Gasteiger partial charge in [-0.25, -0.2) is 9.59 Å². The number of aliphatic carboxylic acids is 1. The number of fused-ring (bicyclic) bond motifs is 3. The normalized spacial score (nSPS) is 15.0. The molecular weight excluding hydrogens is 424 g/mol. The Balaban J connectivity index is 1.68. The SMILES string of the molecule is CCC(C)[C@H](NC(=O)OCC1c2ccccc2-c2ccccc21)C(=O)N[C@@H](COC)C(=O)O. The Morgan fingerprint density at radius 3 is 2.09 bits per heavy atom. The van der Waals surface area contributed by atoms with Crippen molar-refractivity contribution in [3.63, 3.8) is 0 Å². The van der Waals surface area contributed by atoms with Crippen LogP contribution in [0, 0.1) is 5.92 Å². The summed E-state index contributed by atoms with van der Waals surface area (Å²) in [6.45, 7) is 3.63. The first-order valence-corrected chi connectivity index (χ1v) is 11.0. The predicted octanol–water partition coefficient (Wildman–Crippen LogP) is 3.16. The van der Waals surface area contributed by atoms with Gasteiger partial charge in [-0.15, -0.1) is 0 Å². The first-order valence-electron chi connectivity index (χ1n) is 11.0. The summed E-state index contributed by atoms with van der Waals surface area (Å²) in [5, 5.41) is 14.3. The third kappa shape index (κ3) is 5.51. The molecule has 0 saturated heterocycles. The van der Waals surface area contributed by atoms with E-state index in [4.69, 9.17) is 9.47 Å². The quantitative estimate of drug-likeness (QED) is 0.508. The van der Waals surface area contributed by atoms with Gasteiger partial charge in [0.2, 0.25) is 5.91 Å². The highest BCUT2D eigenvalue weighted by atomic mass is 16.5. The number of hydrogen-bond acceptors (Lipinski definition) is 5. The number of carboxylic acid groups (broad SMARTS) is 1. The van der Waals surface area contributed by atoms with E-state index < -0.39 is 30.1 Å². The summed E-state index contributed by atoms with van der Waals surface area (Å²) in [4.78, 5) is 36.8. The average molecular weight is 455 g/mol. The molecule has 0 radical (unpaired) electrons. The number of benzene rings is 2. The number of hydrogen-bond donors (Lipinski definition) is 3. The van der Waals surface area contributed by atoms with Crippen LogP contribution >= 0.6 is 0 Å². The van der Waals surface area contributed by atoms with Crippen LogP contribution in [0.25, 0.3) is 11.1 Å². The zero-order valence-electron chi connectivity index (χ0n) is 19.0. The zero-order chi connectivity index (χ0) is 24.0. The fraction of sp³-hybridized carbons (Fsp3) is 0.400. The highest BCUT2D eigenvalue weighted by Gasteiger charge is 2.32. The highest BCUT2D eigenvalue weighted by Crippen LogP contribution is 2.44. The van der Waals surface area contributed by atoms with E-state index in [0.29, 0.717) is 6.42 Å². The Morgan fingerprint density at radius 2 is 1.58 bits per heavy atom. The van der Waals surface area contributed by atoms with E-state index in [-0.39, 0.29) is 25.0 Å². The topological polar surface area (TPSA) is 114 Å². The largest absolute Gasteiger partial charge is 0.480 e. The maximum absolute atomic E-state index is 12.8. The lowest BCUT2D eigenvalue weighted by molar-refractivity contribution is -0.143. The Morgan fingerprint density at radius 1 is 1.00 bits per heavy atom. The number of ether oxygens (including phenoxy) is 2. The van der Waals surface area contributed by atoms with Gasteiger partial charge in [0.15, 0.2) is 6.04 Å². The molecule has 33 heavy (non-hydrogen) atoms. The molecule has 2 aromatic rings. The van der Waals surface area contributed by atoms with Crippen LogP contribution in [0.1, 0.15) is 37.3 Å². The Hall–Kier alpha value is -3.39. The maximum Gasteiger partial charge on any atom is 0.407 e. The van der Waals surface area contributed by atoms with E-state index in [1.165, 1.54) is 7.11 Å². The predicted molar refractivity (Wildman–Crippen MR) is 123 cm³/mol.